The maximum atomic E-state index is 11.9. The lowest BCUT2D eigenvalue weighted by molar-refractivity contribution is 0.0948. The molecule has 1 aromatic carbocycles. The number of hydrogen-bond donors (Lipinski definition) is 1. The number of amides is 1. The van der Waals surface area contributed by atoms with Crippen molar-refractivity contribution in [3.05, 3.63) is 23.8 Å². The molecule has 1 rings (SSSR count). The number of halogens is 1. The first kappa shape index (κ1) is 17.7. The summed E-state index contributed by atoms with van der Waals surface area (Å²) in [6, 6.07) is 4.12. The van der Waals surface area contributed by atoms with Gasteiger partial charge in [-0.25, -0.2) is 8.42 Å². The summed E-state index contributed by atoms with van der Waals surface area (Å²) in [5.74, 6) is -0.251. The van der Waals surface area contributed by atoms with Crippen LogP contribution >= 0.6 is 10.7 Å². The molecule has 0 fully saturated rings. The molecule has 0 heterocycles. The highest BCUT2D eigenvalue weighted by molar-refractivity contribution is 8.13. The van der Waals surface area contributed by atoms with Crippen LogP contribution in [0.15, 0.2) is 23.1 Å². The fourth-order valence-electron chi connectivity index (χ4n) is 1.64. The minimum absolute atomic E-state index is 0.128. The van der Waals surface area contributed by atoms with Gasteiger partial charge in [0.25, 0.3) is 15.0 Å². The molecule has 0 aliphatic heterocycles. The fourth-order valence-corrected chi connectivity index (χ4v) is 2.63. The zero-order valence-electron chi connectivity index (χ0n) is 11.9. The number of ether oxygens (including phenoxy) is 2. The molecule has 1 amide bonds. The van der Waals surface area contributed by atoms with Crippen LogP contribution in [-0.2, 0) is 13.8 Å². The number of nitrogens with one attached hydrogen (secondary N) is 1. The molecule has 0 aliphatic carbocycles. The van der Waals surface area contributed by atoms with E-state index in [-0.39, 0.29) is 22.1 Å². The van der Waals surface area contributed by atoms with Crippen molar-refractivity contribution in [2.75, 3.05) is 26.9 Å². The summed E-state index contributed by atoms with van der Waals surface area (Å²) in [4.78, 5) is 11.7. The van der Waals surface area contributed by atoms with Crippen molar-refractivity contribution in [3.63, 3.8) is 0 Å². The van der Waals surface area contributed by atoms with Gasteiger partial charge in [0.05, 0.1) is 6.61 Å². The second-order valence-electron chi connectivity index (χ2n) is 4.13. The Labute approximate surface area is 128 Å². The predicted octanol–water partition coefficient (Wildman–Crippen LogP) is 1.78. The van der Waals surface area contributed by atoms with Gasteiger partial charge in [0.1, 0.15) is 10.6 Å². The first-order chi connectivity index (χ1) is 9.90. The maximum absolute atomic E-state index is 11.9. The van der Waals surface area contributed by atoms with Crippen LogP contribution in [0.5, 0.6) is 5.75 Å². The molecule has 21 heavy (non-hydrogen) atoms. The number of methoxy groups -OCH3 is 1. The van der Waals surface area contributed by atoms with Crippen molar-refractivity contribution >= 4 is 25.6 Å². The molecule has 0 radical (unpaired) electrons. The van der Waals surface area contributed by atoms with Crippen LogP contribution in [-0.4, -0.2) is 41.2 Å². The van der Waals surface area contributed by atoms with Gasteiger partial charge in [-0.1, -0.05) is 0 Å². The van der Waals surface area contributed by atoms with Crippen molar-refractivity contribution in [3.8, 4) is 5.75 Å². The van der Waals surface area contributed by atoms with Crippen LogP contribution < -0.4 is 10.1 Å². The molecule has 8 heteroatoms. The highest BCUT2D eigenvalue weighted by atomic mass is 35.7. The predicted molar refractivity (Wildman–Crippen MR) is 79.5 cm³/mol. The van der Waals surface area contributed by atoms with Crippen molar-refractivity contribution in [1.82, 2.24) is 5.32 Å². The zero-order valence-corrected chi connectivity index (χ0v) is 13.5. The minimum atomic E-state index is -3.99. The van der Waals surface area contributed by atoms with E-state index in [1.54, 1.807) is 14.0 Å². The zero-order chi connectivity index (χ0) is 15.9. The summed E-state index contributed by atoms with van der Waals surface area (Å²) in [6.45, 7) is 2.98. The lowest BCUT2D eigenvalue weighted by Crippen LogP contribution is -2.25. The van der Waals surface area contributed by atoms with Gasteiger partial charge in [-0.2, -0.15) is 0 Å². The van der Waals surface area contributed by atoms with Crippen LogP contribution in [0.25, 0.3) is 0 Å². The Hall–Kier alpha value is -1.31. The molecule has 1 aromatic rings. The third-order valence-electron chi connectivity index (χ3n) is 2.58. The quantitative estimate of drug-likeness (QED) is 0.578. The van der Waals surface area contributed by atoms with E-state index in [0.29, 0.717) is 26.2 Å². The molecule has 1 N–H and O–H groups in total. The Bertz CT molecular complexity index is 588. The summed E-state index contributed by atoms with van der Waals surface area (Å²) in [5, 5.41) is 2.67. The van der Waals surface area contributed by atoms with E-state index in [1.165, 1.54) is 18.2 Å². The Kier molecular flexibility index (Phi) is 6.94. The molecular weight excluding hydrogens is 318 g/mol. The average molecular weight is 336 g/mol. The highest BCUT2D eigenvalue weighted by Crippen LogP contribution is 2.28. The van der Waals surface area contributed by atoms with Crippen LogP contribution in [0, 0.1) is 0 Å². The molecule has 0 aliphatic rings. The molecule has 6 nitrogen and oxygen atoms in total. The van der Waals surface area contributed by atoms with E-state index in [0.717, 1.165) is 0 Å². The van der Waals surface area contributed by atoms with E-state index >= 15 is 0 Å². The second kappa shape index (κ2) is 8.21. The molecule has 0 atom stereocenters. The summed E-state index contributed by atoms with van der Waals surface area (Å²) in [7, 11) is 2.95. The summed E-state index contributed by atoms with van der Waals surface area (Å²) >= 11 is 0. The molecule has 0 aromatic heterocycles. The van der Waals surface area contributed by atoms with Gasteiger partial charge < -0.3 is 14.8 Å². The van der Waals surface area contributed by atoms with Gasteiger partial charge in [-0.3, -0.25) is 4.79 Å². The largest absolute Gasteiger partial charge is 0.492 e. The molecular formula is C13H18ClNO5S. The summed E-state index contributed by atoms with van der Waals surface area (Å²) < 4.78 is 33.2. The van der Waals surface area contributed by atoms with Crippen molar-refractivity contribution in [2.24, 2.45) is 0 Å². The van der Waals surface area contributed by atoms with E-state index < -0.39 is 9.05 Å². The third-order valence-corrected chi connectivity index (χ3v) is 3.92. The van der Waals surface area contributed by atoms with Crippen LogP contribution in [0.3, 0.4) is 0 Å². The normalized spacial score (nSPS) is 11.2. The Morgan fingerprint density at radius 2 is 2.10 bits per heavy atom. The molecule has 0 bridgehead atoms. The van der Waals surface area contributed by atoms with Crippen molar-refractivity contribution in [1.29, 1.82) is 0 Å². The molecule has 0 unspecified atom stereocenters. The standard InChI is InChI=1S/C13H18ClNO5S/c1-3-20-11-6-5-10(9-12(11)21(14,17)18)13(16)15-7-4-8-19-2/h5-6,9H,3-4,7-8H2,1-2H3,(H,15,16). The van der Waals surface area contributed by atoms with Gasteiger partial charge in [-0.15, -0.1) is 0 Å². The minimum Gasteiger partial charge on any atom is -0.492 e. The van der Waals surface area contributed by atoms with Crippen molar-refractivity contribution in [2.45, 2.75) is 18.2 Å². The maximum Gasteiger partial charge on any atom is 0.265 e. The number of carbonyl (C=O) groups excluding carboxylic acids is 1. The number of carbonyl (C=O) groups is 1. The third kappa shape index (κ3) is 5.53. The number of rotatable bonds is 8. The number of hydrogen-bond acceptors (Lipinski definition) is 5. The molecule has 118 valence electrons. The fraction of sp³-hybridized carbons (Fsp3) is 0.462. The van der Waals surface area contributed by atoms with E-state index in [2.05, 4.69) is 5.32 Å². The van der Waals surface area contributed by atoms with Crippen LogP contribution in [0.4, 0.5) is 0 Å². The lowest BCUT2D eigenvalue weighted by atomic mass is 10.2. The monoisotopic (exact) mass is 335 g/mol. The summed E-state index contributed by atoms with van der Waals surface area (Å²) in [6.07, 6.45) is 0.667. The molecule has 0 spiro atoms. The van der Waals surface area contributed by atoms with E-state index in [1.807, 2.05) is 0 Å². The van der Waals surface area contributed by atoms with Gasteiger partial charge in [0.15, 0.2) is 0 Å². The topological polar surface area (TPSA) is 81.7 Å². The van der Waals surface area contributed by atoms with Crippen LogP contribution in [0.2, 0.25) is 0 Å². The first-order valence-electron chi connectivity index (χ1n) is 6.38. The van der Waals surface area contributed by atoms with Gasteiger partial charge >= 0.3 is 0 Å². The second-order valence-corrected chi connectivity index (χ2v) is 6.67. The van der Waals surface area contributed by atoms with E-state index in [9.17, 15) is 13.2 Å². The first-order valence-corrected chi connectivity index (χ1v) is 8.69. The molecule has 0 saturated carbocycles. The Morgan fingerprint density at radius 3 is 2.67 bits per heavy atom. The van der Waals surface area contributed by atoms with Crippen LogP contribution in [0.1, 0.15) is 23.7 Å². The SMILES string of the molecule is CCOc1ccc(C(=O)NCCCOC)cc1S(=O)(=O)Cl. The lowest BCUT2D eigenvalue weighted by Gasteiger charge is -2.10. The average Bonchev–Trinajstić information content (AvgIpc) is 2.43. The Balaban J connectivity index is 2.92. The number of benzene rings is 1. The van der Waals surface area contributed by atoms with Gasteiger partial charge in [0, 0.05) is 36.5 Å². The van der Waals surface area contributed by atoms with E-state index in [4.69, 9.17) is 20.2 Å². The van der Waals surface area contributed by atoms with Gasteiger partial charge in [-0.05, 0) is 31.5 Å². The van der Waals surface area contributed by atoms with Gasteiger partial charge in [0.2, 0.25) is 0 Å². The summed E-state index contributed by atoms with van der Waals surface area (Å²) in [5.41, 5.74) is 0.204. The highest BCUT2D eigenvalue weighted by Gasteiger charge is 2.19. The smallest absolute Gasteiger partial charge is 0.265 e. The molecule has 0 saturated heterocycles. The van der Waals surface area contributed by atoms with Crippen molar-refractivity contribution < 1.29 is 22.7 Å². The Morgan fingerprint density at radius 1 is 1.38 bits per heavy atom.